The number of nitrogens with zero attached hydrogens (tertiary/aromatic N) is 1. The van der Waals surface area contributed by atoms with Crippen molar-refractivity contribution in [3.63, 3.8) is 0 Å². The molecule has 0 aliphatic carbocycles. The van der Waals surface area contributed by atoms with Crippen LogP contribution in [0.4, 0.5) is 5.69 Å². The normalized spacial score (nSPS) is 24.5. The van der Waals surface area contributed by atoms with Gasteiger partial charge in [0.1, 0.15) is 12.4 Å². The summed E-state index contributed by atoms with van der Waals surface area (Å²) in [5.41, 5.74) is 0.648. The molecule has 0 unspecified atom stereocenters. The van der Waals surface area contributed by atoms with Gasteiger partial charge in [-0.3, -0.25) is 9.52 Å². The maximum Gasteiger partial charge on any atom is 0.257 e. The summed E-state index contributed by atoms with van der Waals surface area (Å²) in [6, 6.07) is 4.84. The molecular formula is C19H31N3O5S. The van der Waals surface area contributed by atoms with Crippen LogP contribution in [-0.4, -0.2) is 71.0 Å². The van der Waals surface area contributed by atoms with Gasteiger partial charge in [-0.2, -0.15) is 0 Å². The van der Waals surface area contributed by atoms with E-state index in [9.17, 15) is 13.2 Å². The minimum absolute atomic E-state index is 0.0506. The van der Waals surface area contributed by atoms with Crippen LogP contribution in [0.5, 0.6) is 5.75 Å². The van der Waals surface area contributed by atoms with E-state index in [0.29, 0.717) is 30.2 Å². The Balaban J connectivity index is 2.40. The van der Waals surface area contributed by atoms with Gasteiger partial charge in [0.25, 0.3) is 5.91 Å². The Bertz CT molecular complexity index is 784. The van der Waals surface area contributed by atoms with Gasteiger partial charge >= 0.3 is 0 Å². The van der Waals surface area contributed by atoms with Gasteiger partial charge in [-0.25, -0.2) is 8.42 Å². The molecule has 1 amide bonds. The quantitative estimate of drug-likeness (QED) is 0.777. The Morgan fingerprint density at radius 1 is 1.36 bits per heavy atom. The topological polar surface area (TPSA) is 97.0 Å². The fourth-order valence-electron chi connectivity index (χ4n) is 2.98. The Kier molecular flexibility index (Phi) is 7.68. The lowest BCUT2D eigenvalue weighted by Crippen LogP contribution is -2.44. The van der Waals surface area contributed by atoms with Crippen LogP contribution in [0.15, 0.2) is 18.2 Å². The smallest absolute Gasteiger partial charge is 0.257 e. The molecule has 0 spiro atoms. The van der Waals surface area contributed by atoms with E-state index in [1.165, 1.54) is 6.07 Å². The zero-order chi connectivity index (χ0) is 20.9. The first-order chi connectivity index (χ1) is 13.2. The highest BCUT2D eigenvalue weighted by molar-refractivity contribution is 7.92. The minimum Gasteiger partial charge on any atom is -0.491 e. The second-order valence-electron chi connectivity index (χ2n) is 7.27. The summed E-state index contributed by atoms with van der Waals surface area (Å²) in [6.45, 7) is 7.18. The average molecular weight is 414 g/mol. The molecule has 1 aliphatic rings. The standard InChI is InChI=1S/C19H31N3O5S/c1-6-28(24,25)21-15-7-8-17-16(9-15)19(23)22(4)11-18(26-5)13(2)10-20-14(3)12-27-17/h7-9,13-14,18,20-21H,6,10-12H2,1-5H3/t13-,14+,18+/m0/s1. The third-order valence-corrected chi connectivity index (χ3v) is 6.19. The molecule has 0 saturated heterocycles. The van der Waals surface area contributed by atoms with E-state index < -0.39 is 10.0 Å². The van der Waals surface area contributed by atoms with Crippen LogP contribution in [-0.2, 0) is 14.8 Å². The van der Waals surface area contributed by atoms with Crippen molar-refractivity contribution in [2.75, 3.05) is 44.3 Å². The van der Waals surface area contributed by atoms with Crippen molar-refractivity contribution in [2.45, 2.75) is 32.9 Å². The lowest BCUT2D eigenvalue weighted by Gasteiger charge is -2.30. The molecular weight excluding hydrogens is 382 g/mol. The van der Waals surface area contributed by atoms with Crippen molar-refractivity contribution < 1.29 is 22.7 Å². The minimum atomic E-state index is -3.44. The molecule has 2 N–H and O–H groups in total. The van der Waals surface area contributed by atoms with Gasteiger partial charge < -0.3 is 19.7 Å². The summed E-state index contributed by atoms with van der Waals surface area (Å²) < 4.78 is 37.7. The molecule has 0 radical (unpaired) electrons. The number of hydrogen-bond acceptors (Lipinski definition) is 6. The van der Waals surface area contributed by atoms with E-state index in [2.05, 4.69) is 17.0 Å². The largest absolute Gasteiger partial charge is 0.491 e. The number of nitrogens with one attached hydrogen (secondary N) is 2. The van der Waals surface area contributed by atoms with Crippen LogP contribution in [0.1, 0.15) is 31.1 Å². The van der Waals surface area contributed by atoms with Crippen molar-refractivity contribution >= 4 is 21.6 Å². The highest BCUT2D eigenvalue weighted by Crippen LogP contribution is 2.26. The van der Waals surface area contributed by atoms with Crippen LogP contribution in [0, 0.1) is 5.92 Å². The predicted octanol–water partition coefficient (Wildman–Crippen LogP) is 1.54. The Labute approximate surface area is 167 Å². The molecule has 9 heteroatoms. The molecule has 1 aromatic rings. The first-order valence-corrected chi connectivity index (χ1v) is 11.1. The van der Waals surface area contributed by atoms with E-state index in [-0.39, 0.29) is 29.7 Å². The van der Waals surface area contributed by atoms with E-state index in [1.54, 1.807) is 38.1 Å². The molecule has 1 heterocycles. The van der Waals surface area contributed by atoms with Crippen LogP contribution < -0.4 is 14.8 Å². The number of methoxy groups -OCH3 is 1. The van der Waals surface area contributed by atoms with Gasteiger partial charge in [-0.05, 0) is 38.0 Å². The second-order valence-corrected chi connectivity index (χ2v) is 9.28. The van der Waals surface area contributed by atoms with Gasteiger partial charge in [0, 0.05) is 39.0 Å². The van der Waals surface area contributed by atoms with E-state index in [0.717, 1.165) is 6.54 Å². The lowest BCUT2D eigenvalue weighted by molar-refractivity contribution is 0.0281. The van der Waals surface area contributed by atoms with E-state index in [4.69, 9.17) is 9.47 Å². The molecule has 0 bridgehead atoms. The maximum absolute atomic E-state index is 13.1. The zero-order valence-corrected chi connectivity index (χ0v) is 18.0. The molecule has 158 valence electrons. The first-order valence-electron chi connectivity index (χ1n) is 9.45. The molecule has 3 atom stereocenters. The predicted molar refractivity (Wildman–Crippen MR) is 109 cm³/mol. The van der Waals surface area contributed by atoms with Crippen molar-refractivity contribution in [2.24, 2.45) is 5.92 Å². The molecule has 8 nitrogen and oxygen atoms in total. The molecule has 1 aromatic carbocycles. The first kappa shape index (κ1) is 22.4. The molecule has 1 aliphatic heterocycles. The number of carbonyl (C=O) groups is 1. The third-order valence-electron chi connectivity index (χ3n) is 4.88. The van der Waals surface area contributed by atoms with Crippen molar-refractivity contribution in [1.82, 2.24) is 10.2 Å². The number of sulfonamides is 1. The summed E-state index contributed by atoms with van der Waals surface area (Å²) >= 11 is 0. The third kappa shape index (κ3) is 5.83. The zero-order valence-electron chi connectivity index (χ0n) is 17.2. The summed E-state index contributed by atoms with van der Waals surface area (Å²) in [6.07, 6.45) is -0.126. The SMILES string of the molecule is CCS(=O)(=O)Nc1ccc2c(c1)C(=O)N(C)C[C@@H](OC)[C@@H](C)CN[C@H](C)CO2. The van der Waals surface area contributed by atoms with E-state index >= 15 is 0 Å². The fourth-order valence-corrected chi connectivity index (χ4v) is 3.61. The average Bonchev–Trinajstić information content (AvgIpc) is 2.67. The van der Waals surface area contributed by atoms with Crippen molar-refractivity contribution in [3.05, 3.63) is 23.8 Å². The number of amides is 1. The number of likely N-dealkylation sites (N-methyl/N-ethyl adjacent to an activating group) is 1. The number of ether oxygens (including phenoxy) is 2. The highest BCUT2D eigenvalue weighted by Gasteiger charge is 2.25. The number of rotatable bonds is 4. The lowest BCUT2D eigenvalue weighted by atomic mass is 10.0. The van der Waals surface area contributed by atoms with E-state index in [1.807, 2.05) is 6.92 Å². The Morgan fingerprint density at radius 2 is 2.07 bits per heavy atom. The van der Waals surface area contributed by atoms with Gasteiger partial charge in [0.2, 0.25) is 10.0 Å². The highest BCUT2D eigenvalue weighted by atomic mass is 32.2. The summed E-state index contributed by atoms with van der Waals surface area (Å²) in [4.78, 5) is 14.7. The number of hydrogen-bond donors (Lipinski definition) is 2. The van der Waals surface area contributed by atoms with Crippen LogP contribution in [0.25, 0.3) is 0 Å². The molecule has 2 rings (SSSR count). The molecule has 0 fully saturated rings. The van der Waals surface area contributed by atoms with Crippen LogP contribution in [0.3, 0.4) is 0 Å². The van der Waals surface area contributed by atoms with Crippen LogP contribution >= 0.6 is 0 Å². The number of carbonyl (C=O) groups excluding carboxylic acids is 1. The van der Waals surface area contributed by atoms with Gasteiger partial charge in [-0.15, -0.1) is 0 Å². The summed E-state index contributed by atoms with van der Waals surface area (Å²) in [5.74, 6) is 0.324. The maximum atomic E-state index is 13.1. The Hall–Kier alpha value is -1.84. The number of benzene rings is 1. The molecule has 28 heavy (non-hydrogen) atoms. The number of fused-ring (bicyclic) bond motifs is 1. The van der Waals surface area contributed by atoms with Gasteiger partial charge in [0.05, 0.1) is 17.4 Å². The van der Waals surface area contributed by atoms with Gasteiger partial charge in [-0.1, -0.05) is 6.92 Å². The molecule has 0 saturated carbocycles. The fraction of sp³-hybridized carbons (Fsp3) is 0.632. The summed E-state index contributed by atoms with van der Waals surface area (Å²) in [7, 11) is -0.0983. The van der Waals surface area contributed by atoms with Crippen molar-refractivity contribution in [1.29, 1.82) is 0 Å². The van der Waals surface area contributed by atoms with Crippen molar-refractivity contribution in [3.8, 4) is 5.75 Å². The van der Waals surface area contributed by atoms with Gasteiger partial charge in [0.15, 0.2) is 0 Å². The Morgan fingerprint density at radius 3 is 2.71 bits per heavy atom. The summed E-state index contributed by atoms with van der Waals surface area (Å²) in [5, 5.41) is 3.42. The number of anilines is 1. The molecule has 0 aromatic heterocycles. The monoisotopic (exact) mass is 413 g/mol. The second kappa shape index (κ2) is 9.58. The van der Waals surface area contributed by atoms with Crippen LogP contribution in [0.2, 0.25) is 0 Å².